The van der Waals surface area contributed by atoms with E-state index in [0.717, 1.165) is 31.5 Å². The van der Waals surface area contributed by atoms with E-state index in [9.17, 15) is 9.90 Å². The monoisotopic (exact) mass is 386 g/mol. The van der Waals surface area contributed by atoms with Crippen molar-refractivity contribution in [1.29, 1.82) is 0 Å². The molecule has 3 rings (SSSR count). The molecule has 0 bridgehead atoms. The number of rotatable bonds is 6. The van der Waals surface area contributed by atoms with Crippen molar-refractivity contribution < 1.29 is 9.90 Å². The smallest absolute Gasteiger partial charge is 0.239 e. The first-order valence-electron chi connectivity index (χ1n) is 9.56. The van der Waals surface area contributed by atoms with Crippen LogP contribution in [-0.4, -0.2) is 41.7 Å². The van der Waals surface area contributed by atoms with Gasteiger partial charge >= 0.3 is 0 Å². The highest BCUT2D eigenvalue weighted by atomic mass is 35.5. The van der Waals surface area contributed by atoms with Crippen molar-refractivity contribution in [3.63, 3.8) is 0 Å². The zero-order chi connectivity index (χ0) is 19.2. The van der Waals surface area contributed by atoms with Crippen molar-refractivity contribution >= 4 is 17.5 Å². The van der Waals surface area contributed by atoms with E-state index < -0.39 is 6.04 Å². The van der Waals surface area contributed by atoms with Gasteiger partial charge in [-0.1, -0.05) is 48.0 Å². The normalized spacial score (nSPS) is 16.3. The van der Waals surface area contributed by atoms with Gasteiger partial charge in [0.25, 0.3) is 0 Å². The van der Waals surface area contributed by atoms with Crippen LogP contribution < -0.4 is 5.73 Å². The van der Waals surface area contributed by atoms with Gasteiger partial charge in [0.05, 0.1) is 6.04 Å². The third-order valence-corrected chi connectivity index (χ3v) is 5.62. The third kappa shape index (κ3) is 5.10. The van der Waals surface area contributed by atoms with Crippen LogP contribution in [0.2, 0.25) is 5.02 Å². The molecule has 5 heteroatoms. The van der Waals surface area contributed by atoms with Gasteiger partial charge < -0.3 is 15.7 Å². The molecule has 1 heterocycles. The predicted molar refractivity (Wildman–Crippen MR) is 109 cm³/mol. The number of aliphatic hydroxyl groups excluding tert-OH is 1. The Bertz CT molecular complexity index is 755. The first-order valence-corrected chi connectivity index (χ1v) is 9.93. The molecule has 1 atom stereocenters. The number of carbonyl (C=O) groups is 1. The van der Waals surface area contributed by atoms with Crippen molar-refractivity contribution in [3.05, 3.63) is 70.2 Å². The van der Waals surface area contributed by atoms with Crippen LogP contribution >= 0.6 is 11.6 Å². The highest BCUT2D eigenvalue weighted by molar-refractivity contribution is 6.30. The summed E-state index contributed by atoms with van der Waals surface area (Å²) in [5, 5.41) is 9.96. The molecule has 0 saturated carbocycles. The van der Waals surface area contributed by atoms with Gasteiger partial charge in [-0.15, -0.1) is 0 Å². The molecule has 144 valence electrons. The van der Waals surface area contributed by atoms with Crippen LogP contribution in [0.4, 0.5) is 0 Å². The summed E-state index contributed by atoms with van der Waals surface area (Å²) in [6.07, 6.45) is 3.07. The van der Waals surface area contributed by atoms with E-state index >= 15 is 0 Å². The van der Waals surface area contributed by atoms with Gasteiger partial charge in [-0.2, -0.15) is 0 Å². The van der Waals surface area contributed by atoms with E-state index in [1.807, 2.05) is 35.2 Å². The minimum Gasteiger partial charge on any atom is -0.396 e. The lowest BCUT2D eigenvalue weighted by Gasteiger charge is -2.34. The molecule has 2 aromatic carbocycles. The van der Waals surface area contributed by atoms with Crippen LogP contribution in [-0.2, 0) is 17.6 Å². The van der Waals surface area contributed by atoms with Gasteiger partial charge in [0.1, 0.15) is 0 Å². The molecular formula is C22H27ClN2O2. The van der Waals surface area contributed by atoms with E-state index in [1.165, 1.54) is 11.1 Å². The van der Waals surface area contributed by atoms with E-state index in [4.69, 9.17) is 17.3 Å². The number of benzene rings is 2. The largest absolute Gasteiger partial charge is 0.396 e. The number of nitrogens with zero attached hydrogens (tertiary/aromatic N) is 1. The van der Waals surface area contributed by atoms with Crippen LogP contribution in [0.25, 0.3) is 0 Å². The van der Waals surface area contributed by atoms with Crippen molar-refractivity contribution in [2.24, 2.45) is 5.73 Å². The number of likely N-dealkylation sites (tertiary alicyclic amines) is 1. The molecule has 27 heavy (non-hydrogen) atoms. The number of hydrogen-bond acceptors (Lipinski definition) is 3. The summed E-state index contributed by atoms with van der Waals surface area (Å²) < 4.78 is 0. The number of hydrogen-bond donors (Lipinski definition) is 2. The van der Waals surface area contributed by atoms with Gasteiger partial charge in [0.15, 0.2) is 0 Å². The van der Waals surface area contributed by atoms with Crippen LogP contribution in [0.1, 0.15) is 35.4 Å². The van der Waals surface area contributed by atoms with Gasteiger partial charge in [-0.3, -0.25) is 4.79 Å². The van der Waals surface area contributed by atoms with Crippen molar-refractivity contribution in [1.82, 2.24) is 4.90 Å². The fraction of sp³-hybridized carbons (Fsp3) is 0.409. The molecule has 1 unspecified atom stereocenters. The fourth-order valence-electron chi connectivity index (χ4n) is 3.89. The van der Waals surface area contributed by atoms with Gasteiger partial charge in [0.2, 0.25) is 5.91 Å². The molecule has 0 radical (unpaired) electrons. The Kier molecular flexibility index (Phi) is 6.89. The lowest BCUT2D eigenvalue weighted by atomic mass is 9.85. The van der Waals surface area contributed by atoms with E-state index in [0.29, 0.717) is 23.8 Å². The minimum absolute atomic E-state index is 0.0204. The molecule has 1 aliphatic rings. The van der Waals surface area contributed by atoms with E-state index in [2.05, 4.69) is 18.2 Å². The summed E-state index contributed by atoms with van der Waals surface area (Å²) in [5.74, 6) is 0.455. The second-order valence-electron chi connectivity index (χ2n) is 7.21. The number of aliphatic hydroxyl groups is 1. The minimum atomic E-state index is -0.524. The Labute approximate surface area is 165 Å². The van der Waals surface area contributed by atoms with Gasteiger partial charge in [-0.05, 0) is 60.4 Å². The highest BCUT2D eigenvalue weighted by Gasteiger charge is 2.27. The maximum Gasteiger partial charge on any atom is 0.239 e. The average molecular weight is 387 g/mol. The summed E-state index contributed by atoms with van der Waals surface area (Å²) in [6, 6.07) is 15.3. The standard InChI is InChI=1S/C22H27ClN2O2/c23-19-7-5-16(6-8-19)15-21(24)22(27)25-12-9-18(10-13-25)20-4-2-1-3-17(20)11-14-26/h1-8,18,21,26H,9-15,24H2. The Hall–Kier alpha value is -1.88. The second-order valence-corrected chi connectivity index (χ2v) is 7.65. The molecule has 4 nitrogen and oxygen atoms in total. The Morgan fingerprint density at radius 1 is 1.15 bits per heavy atom. The zero-order valence-electron chi connectivity index (χ0n) is 15.5. The number of amides is 1. The summed E-state index contributed by atoms with van der Waals surface area (Å²) in [6.45, 7) is 1.62. The number of piperidine rings is 1. The lowest BCUT2D eigenvalue weighted by molar-refractivity contribution is -0.133. The Balaban J connectivity index is 1.57. The second kappa shape index (κ2) is 9.36. The van der Waals surface area contributed by atoms with Crippen LogP contribution in [0.3, 0.4) is 0 Å². The molecule has 1 saturated heterocycles. The topological polar surface area (TPSA) is 66.6 Å². The van der Waals surface area contributed by atoms with E-state index in [1.54, 1.807) is 0 Å². The summed E-state index contributed by atoms with van der Waals surface area (Å²) in [4.78, 5) is 14.6. The Morgan fingerprint density at radius 2 is 1.81 bits per heavy atom. The number of carbonyl (C=O) groups excluding carboxylic acids is 1. The number of nitrogens with two attached hydrogens (primary N) is 1. The summed E-state index contributed by atoms with van der Waals surface area (Å²) >= 11 is 5.91. The van der Waals surface area contributed by atoms with Crippen molar-refractivity contribution in [2.45, 2.75) is 37.6 Å². The SMILES string of the molecule is NC(Cc1ccc(Cl)cc1)C(=O)N1CCC(c2ccccc2CCO)CC1. The molecule has 3 N–H and O–H groups in total. The third-order valence-electron chi connectivity index (χ3n) is 5.37. The molecule has 0 spiro atoms. The van der Waals surface area contributed by atoms with Crippen molar-refractivity contribution in [3.8, 4) is 0 Å². The molecular weight excluding hydrogens is 360 g/mol. The quantitative estimate of drug-likeness (QED) is 0.801. The maximum absolute atomic E-state index is 12.7. The molecule has 0 aliphatic carbocycles. The van der Waals surface area contributed by atoms with E-state index in [-0.39, 0.29) is 12.5 Å². The van der Waals surface area contributed by atoms with Crippen molar-refractivity contribution in [2.75, 3.05) is 19.7 Å². The molecule has 0 aromatic heterocycles. The van der Waals surface area contributed by atoms with Crippen LogP contribution in [0.15, 0.2) is 48.5 Å². The summed E-state index contributed by atoms with van der Waals surface area (Å²) in [7, 11) is 0. The van der Waals surface area contributed by atoms with Gasteiger partial charge in [-0.25, -0.2) is 0 Å². The maximum atomic E-state index is 12.7. The lowest BCUT2D eigenvalue weighted by Crippen LogP contribution is -2.47. The first kappa shape index (κ1) is 19.9. The van der Waals surface area contributed by atoms with Crippen LogP contribution in [0.5, 0.6) is 0 Å². The Morgan fingerprint density at radius 3 is 2.48 bits per heavy atom. The summed E-state index contributed by atoms with van der Waals surface area (Å²) in [5.41, 5.74) is 9.72. The molecule has 2 aromatic rings. The molecule has 1 amide bonds. The average Bonchev–Trinajstić information content (AvgIpc) is 2.70. The number of halogens is 1. The highest BCUT2D eigenvalue weighted by Crippen LogP contribution is 2.31. The molecule has 1 fully saturated rings. The first-order chi connectivity index (χ1) is 13.1. The molecule has 1 aliphatic heterocycles. The van der Waals surface area contributed by atoms with Crippen LogP contribution in [0, 0.1) is 0 Å². The fourth-order valence-corrected chi connectivity index (χ4v) is 4.01. The predicted octanol–water partition coefficient (Wildman–Crippen LogP) is 3.15. The van der Waals surface area contributed by atoms with Gasteiger partial charge in [0, 0.05) is 24.7 Å². The zero-order valence-corrected chi connectivity index (χ0v) is 16.2.